The van der Waals surface area contributed by atoms with E-state index in [1.54, 1.807) is 11.3 Å². The summed E-state index contributed by atoms with van der Waals surface area (Å²) in [5, 5.41) is 2.11. The Morgan fingerprint density at radius 3 is 3.07 bits per heavy atom. The molecular weight excluding hydrogens is 226 g/mol. The lowest BCUT2D eigenvalue weighted by Crippen LogP contribution is -2.08. The fraction of sp³-hybridized carbons (Fsp3) is 0.182. The second-order valence-corrected chi connectivity index (χ2v) is 5.64. The molecule has 0 bridgehead atoms. The standard InChI is InChI=1S/C11H9NOS2/c12-11(13)9-5-6-1-2-8-7(3-4-14-8)10(6)15-9/h3-5H,1-2H2,(H2,12,13). The number of hydrogen-bond donors (Lipinski definition) is 1. The van der Waals surface area contributed by atoms with Gasteiger partial charge in [0.25, 0.3) is 5.91 Å². The molecule has 0 aliphatic heterocycles. The number of aryl methyl sites for hydroxylation is 2. The molecule has 1 aliphatic rings. The first kappa shape index (κ1) is 9.12. The van der Waals surface area contributed by atoms with E-state index in [9.17, 15) is 4.79 Å². The minimum absolute atomic E-state index is 0.314. The van der Waals surface area contributed by atoms with Crippen molar-refractivity contribution in [1.82, 2.24) is 0 Å². The van der Waals surface area contributed by atoms with Crippen LogP contribution in [0.5, 0.6) is 0 Å². The van der Waals surface area contributed by atoms with Crippen molar-refractivity contribution in [3.05, 3.63) is 32.8 Å². The molecule has 1 aliphatic carbocycles. The van der Waals surface area contributed by atoms with Crippen LogP contribution < -0.4 is 5.73 Å². The summed E-state index contributed by atoms with van der Waals surface area (Å²) in [6, 6.07) is 4.09. The molecule has 0 radical (unpaired) electrons. The van der Waals surface area contributed by atoms with Crippen molar-refractivity contribution < 1.29 is 4.79 Å². The number of fused-ring (bicyclic) bond motifs is 3. The predicted octanol–water partition coefficient (Wildman–Crippen LogP) is 2.67. The highest BCUT2D eigenvalue weighted by Gasteiger charge is 2.21. The van der Waals surface area contributed by atoms with Gasteiger partial charge in [-0.25, -0.2) is 0 Å². The van der Waals surface area contributed by atoms with Crippen LogP contribution >= 0.6 is 22.7 Å². The maximum atomic E-state index is 11.1. The topological polar surface area (TPSA) is 43.1 Å². The average molecular weight is 235 g/mol. The number of rotatable bonds is 1. The molecule has 76 valence electrons. The highest BCUT2D eigenvalue weighted by molar-refractivity contribution is 7.18. The summed E-state index contributed by atoms with van der Waals surface area (Å²) >= 11 is 3.32. The SMILES string of the molecule is NC(=O)c1cc2c(s1)-c1ccsc1CC2. The van der Waals surface area contributed by atoms with Crippen molar-refractivity contribution in [3.63, 3.8) is 0 Å². The van der Waals surface area contributed by atoms with Gasteiger partial charge in [0.05, 0.1) is 4.88 Å². The van der Waals surface area contributed by atoms with E-state index in [2.05, 4.69) is 11.4 Å². The third-order valence-electron chi connectivity index (χ3n) is 2.66. The molecule has 0 aromatic carbocycles. The molecule has 0 saturated carbocycles. The minimum Gasteiger partial charge on any atom is -0.365 e. The second-order valence-electron chi connectivity index (χ2n) is 3.59. The van der Waals surface area contributed by atoms with Gasteiger partial charge in [0.1, 0.15) is 0 Å². The van der Waals surface area contributed by atoms with Gasteiger partial charge in [0.15, 0.2) is 0 Å². The third-order valence-corrected chi connectivity index (χ3v) is 4.87. The van der Waals surface area contributed by atoms with Crippen LogP contribution in [0, 0.1) is 0 Å². The molecule has 2 aromatic rings. The van der Waals surface area contributed by atoms with Crippen LogP contribution in [0.15, 0.2) is 17.5 Å². The lowest BCUT2D eigenvalue weighted by molar-refractivity contribution is 0.100. The molecular formula is C11H9NOS2. The molecule has 4 heteroatoms. The monoisotopic (exact) mass is 235 g/mol. The minimum atomic E-state index is -0.314. The van der Waals surface area contributed by atoms with Gasteiger partial charge in [-0.15, -0.1) is 22.7 Å². The summed E-state index contributed by atoms with van der Waals surface area (Å²) in [5.41, 5.74) is 7.88. The molecule has 2 nitrogen and oxygen atoms in total. The summed E-state index contributed by atoms with van der Waals surface area (Å²) < 4.78 is 0. The largest absolute Gasteiger partial charge is 0.365 e. The molecule has 0 unspecified atom stereocenters. The fourth-order valence-corrected chi connectivity index (χ4v) is 4.01. The van der Waals surface area contributed by atoms with Gasteiger partial charge in [-0.05, 0) is 35.9 Å². The number of carbonyl (C=O) groups excluding carboxylic acids is 1. The van der Waals surface area contributed by atoms with E-state index in [0.29, 0.717) is 4.88 Å². The smallest absolute Gasteiger partial charge is 0.258 e. The van der Waals surface area contributed by atoms with Crippen molar-refractivity contribution in [2.24, 2.45) is 5.73 Å². The molecule has 2 N–H and O–H groups in total. The van der Waals surface area contributed by atoms with Gasteiger partial charge in [0, 0.05) is 15.3 Å². The highest BCUT2D eigenvalue weighted by Crippen LogP contribution is 2.41. The molecule has 0 fully saturated rings. The van der Waals surface area contributed by atoms with E-state index < -0.39 is 0 Å². The Balaban J connectivity index is 2.20. The first-order valence-electron chi connectivity index (χ1n) is 4.75. The van der Waals surface area contributed by atoms with Crippen LogP contribution in [0.25, 0.3) is 10.4 Å². The fourth-order valence-electron chi connectivity index (χ4n) is 1.95. The number of thiophene rings is 2. The van der Waals surface area contributed by atoms with E-state index in [1.165, 1.54) is 32.2 Å². The Morgan fingerprint density at radius 2 is 2.27 bits per heavy atom. The van der Waals surface area contributed by atoms with E-state index in [4.69, 9.17) is 5.73 Å². The van der Waals surface area contributed by atoms with Gasteiger partial charge < -0.3 is 5.73 Å². The summed E-state index contributed by atoms with van der Waals surface area (Å²) in [4.78, 5) is 14.5. The van der Waals surface area contributed by atoms with Gasteiger partial charge >= 0.3 is 0 Å². The molecule has 3 rings (SSSR count). The van der Waals surface area contributed by atoms with Crippen molar-refractivity contribution in [2.45, 2.75) is 12.8 Å². The summed E-state index contributed by atoms with van der Waals surface area (Å²) in [7, 11) is 0. The zero-order chi connectivity index (χ0) is 10.4. The van der Waals surface area contributed by atoms with Crippen LogP contribution in [0.4, 0.5) is 0 Å². The van der Waals surface area contributed by atoms with Gasteiger partial charge in [0.2, 0.25) is 0 Å². The first-order valence-corrected chi connectivity index (χ1v) is 6.44. The van der Waals surface area contributed by atoms with Crippen molar-refractivity contribution >= 4 is 28.6 Å². The van der Waals surface area contributed by atoms with Crippen LogP contribution in [0.1, 0.15) is 20.1 Å². The normalized spacial score (nSPS) is 13.3. The molecule has 2 aromatic heterocycles. The molecule has 0 atom stereocenters. The summed E-state index contributed by atoms with van der Waals surface area (Å²) in [6.07, 6.45) is 2.13. The van der Waals surface area contributed by atoms with E-state index in [0.717, 1.165) is 12.8 Å². The van der Waals surface area contributed by atoms with E-state index in [1.807, 2.05) is 6.07 Å². The maximum absolute atomic E-state index is 11.1. The van der Waals surface area contributed by atoms with E-state index >= 15 is 0 Å². The molecule has 0 spiro atoms. The molecule has 0 saturated heterocycles. The molecule has 1 amide bonds. The van der Waals surface area contributed by atoms with Gasteiger partial charge in [-0.2, -0.15) is 0 Å². The predicted molar refractivity (Wildman–Crippen MR) is 63.6 cm³/mol. The Hall–Kier alpha value is -1.13. The number of nitrogens with two attached hydrogens (primary N) is 1. The Labute approximate surface area is 95.4 Å². The molecule has 15 heavy (non-hydrogen) atoms. The Kier molecular flexibility index (Phi) is 1.94. The zero-order valence-electron chi connectivity index (χ0n) is 7.95. The van der Waals surface area contributed by atoms with Crippen molar-refractivity contribution in [2.75, 3.05) is 0 Å². The van der Waals surface area contributed by atoms with Crippen LogP contribution in [-0.4, -0.2) is 5.91 Å². The van der Waals surface area contributed by atoms with Crippen LogP contribution in [-0.2, 0) is 12.8 Å². The highest BCUT2D eigenvalue weighted by atomic mass is 32.1. The van der Waals surface area contributed by atoms with E-state index in [-0.39, 0.29) is 5.91 Å². The summed E-state index contributed by atoms with van der Waals surface area (Å²) in [6.45, 7) is 0. The molecule has 2 heterocycles. The lowest BCUT2D eigenvalue weighted by atomic mass is 9.98. The van der Waals surface area contributed by atoms with Gasteiger partial charge in [-0.1, -0.05) is 0 Å². The van der Waals surface area contributed by atoms with Crippen molar-refractivity contribution in [1.29, 1.82) is 0 Å². The zero-order valence-corrected chi connectivity index (χ0v) is 9.58. The quantitative estimate of drug-likeness (QED) is 0.811. The number of amides is 1. The summed E-state index contributed by atoms with van der Waals surface area (Å²) in [5.74, 6) is -0.314. The maximum Gasteiger partial charge on any atom is 0.258 e. The third kappa shape index (κ3) is 1.33. The number of carbonyl (C=O) groups is 1. The average Bonchev–Trinajstić information content (AvgIpc) is 2.82. The lowest BCUT2D eigenvalue weighted by Gasteiger charge is -2.10. The van der Waals surface area contributed by atoms with Crippen LogP contribution in [0.3, 0.4) is 0 Å². The van der Waals surface area contributed by atoms with Crippen molar-refractivity contribution in [3.8, 4) is 10.4 Å². The first-order chi connectivity index (χ1) is 7.25. The van der Waals surface area contributed by atoms with Gasteiger partial charge in [-0.3, -0.25) is 4.79 Å². The number of primary amides is 1. The Bertz CT molecular complexity index is 539. The Morgan fingerprint density at radius 1 is 1.40 bits per heavy atom. The van der Waals surface area contributed by atoms with Crippen LogP contribution in [0.2, 0.25) is 0 Å². The second kappa shape index (κ2) is 3.18. The number of hydrogen-bond acceptors (Lipinski definition) is 3.